The molecular formula is C14H17BrN2O. The minimum Gasteiger partial charge on any atom is -0.339 e. The van der Waals surface area contributed by atoms with Crippen LogP contribution in [0.2, 0.25) is 0 Å². The van der Waals surface area contributed by atoms with Gasteiger partial charge in [-0.1, -0.05) is 28.1 Å². The zero-order valence-electron chi connectivity index (χ0n) is 10.2. The highest BCUT2D eigenvalue weighted by atomic mass is 79.9. The highest BCUT2D eigenvalue weighted by molar-refractivity contribution is 9.10. The summed E-state index contributed by atoms with van der Waals surface area (Å²) in [5.41, 5.74) is 6.64. The summed E-state index contributed by atoms with van der Waals surface area (Å²) in [5, 5.41) is 0. The predicted molar refractivity (Wildman–Crippen MR) is 76.9 cm³/mol. The van der Waals surface area contributed by atoms with Crippen LogP contribution in [-0.2, 0) is 4.79 Å². The lowest BCUT2D eigenvalue weighted by atomic mass is 10.1. The number of amides is 1. The van der Waals surface area contributed by atoms with Gasteiger partial charge in [-0.25, -0.2) is 0 Å². The van der Waals surface area contributed by atoms with Crippen molar-refractivity contribution in [3.8, 4) is 0 Å². The molecule has 0 spiro atoms. The zero-order valence-corrected chi connectivity index (χ0v) is 11.8. The summed E-state index contributed by atoms with van der Waals surface area (Å²) in [4.78, 5) is 13.8. The van der Waals surface area contributed by atoms with Crippen LogP contribution >= 0.6 is 15.9 Å². The van der Waals surface area contributed by atoms with Crippen molar-refractivity contribution in [1.82, 2.24) is 4.90 Å². The smallest absolute Gasteiger partial charge is 0.246 e. The Balaban J connectivity index is 1.93. The largest absolute Gasteiger partial charge is 0.339 e. The molecule has 1 amide bonds. The molecule has 1 aromatic rings. The van der Waals surface area contributed by atoms with Gasteiger partial charge in [0.05, 0.1) is 0 Å². The molecule has 0 bridgehead atoms. The molecule has 0 radical (unpaired) electrons. The number of halogens is 1. The Morgan fingerprint density at radius 2 is 2.17 bits per heavy atom. The van der Waals surface area contributed by atoms with E-state index in [1.54, 1.807) is 6.08 Å². The Morgan fingerprint density at radius 1 is 1.44 bits per heavy atom. The highest BCUT2D eigenvalue weighted by Gasteiger charge is 2.23. The van der Waals surface area contributed by atoms with Crippen LogP contribution in [0.1, 0.15) is 12.0 Å². The normalized spacial score (nSPS) is 19.7. The third-order valence-electron chi connectivity index (χ3n) is 3.22. The summed E-state index contributed by atoms with van der Waals surface area (Å²) in [6.07, 6.45) is 4.51. The number of nitrogens with two attached hydrogens (primary N) is 1. The highest BCUT2D eigenvalue weighted by Crippen LogP contribution is 2.16. The van der Waals surface area contributed by atoms with Crippen molar-refractivity contribution in [2.24, 2.45) is 11.7 Å². The van der Waals surface area contributed by atoms with E-state index in [-0.39, 0.29) is 5.91 Å². The summed E-state index contributed by atoms with van der Waals surface area (Å²) in [7, 11) is 0. The minimum absolute atomic E-state index is 0.0777. The van der Waals surface area contributed by atoms with Crippen molar-refractivity contribution < 1.29 is 4.79 Å². The lowest BCUT2D eigenvalue weighted by molar-refractivity contribution is -0.125. The molecule has 1 fully saturated rings. The summed E-state index contributed by atoms with van der Waals surface area (Å²) >= 11 is 3.38. The Kier molecular flexibility index (Phi) is 4.55. The molecule has 1 atom stereocenters. The SMILES string of the molecule is NCC1CCN(C(=O)/C=C/c2ccc(Br)cc2)C1. The number of rotatable bonds is 3. The molecule has 1 saturated heterocycles. The van der Waals surface area contributed by atoms with Crippen LogP contribution in [0.4, 0.5) is 0 Å². The van der Waals surface area contributed by atoms with Crippen molar-refractivity contribution >= 4 is 27.9 Å². The maximum atomic E-state index is 11.9. The van der Waals surface area contributed by atoms with Gasteiger partial charge in [0.2, 0.25) is 5.91 Å². The van der Waals surface area contributed by atoms with Crippen LogP contribution in [0, 0.1) is 5.92 Å². The average molecular weight is 309 g/mol. The number of carbonyl (C=O) groups is 1. The molecule has 0 aromatic heterocycles. The summed E-state index contributed by atoms with van der Waals surface area (Å²) in [5.74, 6) is 0.545. The topological polar surface area (TPSA) is 46.3 Å². The molecule has 0 aliphatic carbocycles. The zero-order chi connectivity index (χ0) is 13.0. The lowest BCUT2D eigenvalue weighted by Gasteiger charge is -2.13. The number of carbonyl (C=O) groups excluding carboxylic acids is 1. The van der Waals surface area contributed by atoms with E-state index in [0.29, 0.717) is 12.5 Å². The van der Waals surface area contributed by atoms with E-state index in [4.69, 9.17) is 5.73 Å². The van der Waals surface area contributed by atoms with Crippen LogP contribution in [0.5, 0.6) is 0 Å². The third kappa shape index (κ3) is 3.43. The van der Waals surface area contributed by atoms with E-state index in [0.717, 1.165) is 29.5 Å². The first-order chi connectivity index (χ1) is 8.69. The number of hydrogen-bond donors (Lipinski definition) is 1. The Hall–Kier alpha value is -1.13. The van der Waals surface area contributed by atoms with Crippen molar-refractivity contribution in [3.63, 3.8) is 0 Å². The first-order valence-corrected chi connectivity index (χ1v) is 6.91. The molecule has 2 N–H and O–H groups in total. The monoisotopic (exact) mass is 308 g/mol. The molecule has 4 heteroatoms. The molecular weight excluding hydrogens is 292 g/mol. The fraction of sp³-hybridized carbons (Fsp3) is 0.357. The van der Waals surface area contributed by atoms with Crippen molar-refractivity contribution in [3.05, 3.63) is 40.4 Å². The fourth-order valence-electron chi connectivity index (χ4n) is 2.07. The van der Waals surface area contributed by atoms with Gasteiger partial charge in [-0.15, -0.1) is 0 Å². The van der Waals surface area contributed by atoms with Gasteiger partial charge < -0.3 is 10.6 Å². The first kappa shape index (κ1) is 13.3. The Morgan fingerprint density at radius 3 is 2.78 bits per heavy atom. The molecule has 18 heavy (non-hydrogen) atoms. The van der Waals surface area contributed by atoms with Gasteiger partial charge >= 0.3 is 0 Å². The number of benzene rings is 1. The van der Waals surface area contributed by atoms with E-state index in [1.165, 1.54) is 0 Å². The number of likely N-dealkylation sites (tertiary alicyclic amines) is 1. The molecule has 1 unspecified atom stereocenters. The van der Waals surface area contributed by atoms with Gasteiger partial charge in [-0.2, -0.15) is 0 Å². The van der Waals surface area contributed by atoms with Crippen molar-refractivity contribution in [2.75, 3.05) is 19.6 Å². The maximum Gasteiger partial charge on any atom is 0.246 e. The van der Waals surface area contributed by atoms with E-state index in [1.807, 2.05) is 35.2 Å². The van der Waals surface area contributed by atoms with E-state index >= 15 is 0 Å². The fourth-order valence-corrected chi connectivity index (χ4v) is 2.34. The second-order valence-corrected chi connectivity index (χ2v) is 5.48. The van der Waals surface area contributed by atoms with E-state index < -0.39 is 0 Å². The predicted octanol–water partition coefficient (Wildman–Crippen LogP) is 2.27. The van der Waals surface area contributed by atoms with E-state index in [2.05, 4.69) is 15.9 Å². The van der Waals surface area contributed by atoms with Crippen LogP contribution in [0.3, 0.4) is 0 Å². The quantitative estimate of drug-likeness (QED) is 0.871. The van der Waals surface area contributed by atoms with Gasteiger partial charge in [-0.3, -0.25) is 4.79 Å². The Bertz CT molecular complexity index is 442. The summed E-state index contributed by atoms with van der Waals surface area (Å²) in [6, 6.07) is 7.87. The van der Waals surface area contributed by atoms with Crippen molar-refractivity contribution in [1.29, 1.82) is 0 Å². The van der Waals surface area contributed by atoms with Gasteiger partial charge in [0, 0.05) is 23.6 Å². The van der Waals surface area contributed by atoms with Crippen LogP contribution < -0.4 is 5.73 Å². The summed E-state index contributed by atoms with van der Waals surface area (Å²) in [6.45, 7) is 2.28. The van der Waals surface area contributed by atoms with Gasteiger partial charge in [0.25, 0.3) is 0 Å². The lowest BCUT2D eigenvalue weighted by Crippen LogP contribution is -2.28. The van der Waals surface area contributed by atoms with Gasteiger partial charge in [0.1, 0.15) is 0 Å². The molecule has 1 aliphatic rings. The molecule has 2 rings (SSSR count). The number of hydrogen-bond acceptors (Lipinski definition) is 2. The van der Waals surface area contributed by atoms with Gasteiger partial charge in [-0.05, 0) is 42.7 Å². The molecule has 1 aliphatic heterocycles. The van der Waals surface area contributed by atoms with Crippen LogP contribution in [0.15, 0.2) is 34.8 Å². The second-order valence-electron chi connectivity index (χ2n) is 4.56. The van der Waals surface area contributed by atoms with E-state index in [9.17, 15) is 4.79 Å². The minimum atomic E-state index is 0.0777. The molecule has 3 nitrogen and oxygen atoms in total. The first-order valence-electron chi connectivity index (χ1n) is 6.11. The van der Waals surface area contributed by atoms with Crippen molar-refractivity contribution in [2.45, 2.75) is 6.42 Å². The second kappa shape index (κ2) is 6.16. The van der Waals surface area contributed by atoms with Gasteiger partial charge in [0.15, 0.2) is 0 Å². The maximum absolute atomic E-state index is 11.9. The molecule has 0 saturated carbocycles. The van der Waals surface area contributed by atoms with Crippen LogP contribution in [-0.4, -0.2) is 30.4 Å². The Labute approximate surface area is 116 Å². The average Bonchev–Trinajstić information content (AvgIpc) is 2.86. The molecule has 96 valence electrons. The number of nitrogens with zero attached hydrogens (tertiary/aromatic N) is 1. The molecule has 1 heterocycles. The summed E-state index contributed by atoms with van der Waals surface area (Å²) < 4.78 is 1.04. The standard InChI is InChI=1S/C14H17BrN2O/c15-13-4-1-11(2-5-13)3-6-14(18)17-8-7-12(9-16)10-17/h1-6,12H,7-10,16H2/b6-3+. The molecule has 1 aromatic carbocycles. The van der Waals surface area contributed by atoms with Crippen LogP contribution in [0.25, 0.3) is 6.08 Å². The third-order valence-corrected chi connectivity index (χ3v) is 3.75.